The Bertz CT molecular complexity index is 703. The minimum absolute atomic E-state index is 0.0167. The molecule has 0 saturated heterocycles. The Morgan fingerprint density at radius 2 is 1.52 bits per heavy atom. The van der Waals surface area contributed by atoms with Gasteiger partial charge in [-0.2, -0.15) is 0 Å². The average Bonchev–Trinajstić information content (AvgIpc) is 2.55. The summed E-state index contributed by atoms with van der Waals surface area (Å²) in [6, 6.07) is 15.8. The van der Waals surface area contributed by atoms with E-state index >= 15 is 0 Å². The van der Waals surface area contributed by atoms with Crippen LogP contribution < -0.4 is 0 Å². The van der Waals surface area contributed by atoms with E-state index in [0.29, 0.717) is 0 Å². The molecule has 0 bridgehead atoms. The van der Waals surface area contributed by atoms with Crippen LogP contribution in [0, 0.1) is 11.8 Å². The Morgan fingerprint density at radius 1 is 1.00 bits per heavy atom. The smallest absolute Gasteiger partial charge is 0.304 e. The van der Waals surface area contributed by atoms with Crippen LogP contribution in [0.1, 0.15) is 41.5 Å². The maximum atomic E-state index is 10.9. The molecule has 0 fully saturated rings. The van der Waals surface area contributed by atoms with Gasteiger partial charge >= 0.3 is 5.97 Å². The van der Waals surface area contributed by atoms with E-state index in [1.54, 1.807) is 6.92 Å². The normalized spacial score (nSPS) is 11.4. The van der Waals surface area contributed by atoms with E-state index in [9.17, 15) is 4.79 Å². The highest BCUT2D eigenvalue weighted by Gasteiger charge is 2.12. The van der Waals surface area contributed by atoms with Gasteiger partial charge in [0.2, 0.25) is 0 Å². The molecule has 0 aliphatic rings. The van der Waals surface area contributed by atoms with Crippen LogP contribution in [0.15, 0.2) is 48.5 Å². The fourth-order valence-electron chi connectivity index (χ4n) is 2.47. The molecule has 0 spiro atoms. The third-order valence-corrected chi connectivity index (χ3v) is 3.69. The van der Waals surface area contributed by atoms with Crippen LogP contribution in [-0.2, 0) is 17.8 Å². The molecule has 2 N–H and O–H groups in total. The molecule has 0 aromatic heterocycles. The summed E-state index contributed by atoms with van der Waals surface area (Å²) in [6.07, 6.45) is 0.817. The second kappa shape index (κ2) is 8.17. The van der Waals surface area contributed by atoms with Crippen molar-refractivity contribution in [3.05, 3.63) is 70.8 Å². The molecule has 0 saturated carbocycles. The minimum Gasteiger partial charge on any atom is -0.481 e. The second-order valence-corrected chi connectivity index (χ2v) is 5.44. The maximum absolute atomic E-state index is 10.9. The van der Waals surface area contributed by atoms with E-state index in [0.717, 1.165) is 23.1 Å². The summed E-state index contributed by atoms with van der Waals surface area (Å²) >= 11 is 0. The number of aliphatic hydroxyl groups excluding tert-OH is 1. The van der Waals surface area contributed by atoms with Crippen molar-refractivity contribution in [3.63, 3.8) is 0 Å². The van der Waals surface area contributed by atoms with Gasteiger partial charge in [-0.15, -0.1) is 5.92 Å². The third-order valence-electron chi connectivity index (χ3n) is 3.69. The molecule has 2 aromatic carbocycles. The van der Waals surface area contributed by atoms with Crippen molar-refractivity contribution in [2.45, 2.75) is 32.3 Å². The van der Waals surface area contributed by atoms with Crippen molar-refractivity contribution in [3.8, 4) is 11.8 Å². The lowest BCUT2D eigenvalue weighted by atomic mass is 9.94. The summed E-state index contributed by atoms with van der Waals surface area (Å²) in [5, 5.41) is 18.0. The number of hydrogen-bond donors (Lipinski definition) is 2. The van der Waals surface area contributed by atoms with Gasteiger partial charge in [-0.25, -0.2) is 0 Å². The van der Waals surface area contributed by atoms with Crippen molar-refractivity contribution >= 4 is 5.97 Å². The van der Waals surface area contributed by atoms with Crippen molar-refractivity contribution in [2.75, 3.05) is 0 Å². The largest absolute Gasteiger partial charge is 0.481 e. The zero-order valence-corrected chi connectivity index (χ0v) is 13.1. The third kappa shape index (κ3) is 4.98. The Labute approximate surface area is 136 Å². The van der Waals surface area contributed by atoms with E-state index < -0.39 is 5.97 Å². The van der Waals surface area contributed by atoms with Gasteiger partial charge in [-0.1, -0.05) is 54.5 Å². The van der Waals surface area contributed by atoms with Crippen molar-refractivity contribution in [1.29, 1.82) is 0 Å². The number of aliphatic hydroxyl groups is 1. The first-order valence-electron chi connectivity index (χ1n) is 7.54. The molecule has 118 valence electrons. The molecule has 0 radical (unpaired) electrons. The van der Waals surface area contributed by atoms with Crippen LogP contribution in [0.5, 0.6) is 0 Å². The van der Waals surface area contributed by atoms with E-state index in [1.165, 1.54) is 5.56 Å². The first kappa shape index (κ1) is 16.8. The Kier molecular flexibility index (Phi) is 5.96. The first-order chi connectivity index (χ1) is 11.1. The molecule has 23 heavy (non-hydrogen) atoms. The van der Waals surface area contributed by atoms with Gasteiger partial charge in [0.25, 0.3) is 0 Å². The molecule has 1 atom stereocenters. The molecule has 0 amide bonds. The lowest BCUT2D eigenvalue weighted by molar-refractivity contribution is -0.137. The van der Waals surface area contributed by atoms with E-state index in [-0.39, 0.29) is 18.9 Å². The van der Waals surface area contributed by atoms with Gasteiger partial charge in [-0.3, -0.25) is 4.79 Å². The molecule has 0 unspecified atom stereocenters. The first-order valence-corrected chi connectivity index (χ1v) is 7.54. The monoisotopic (exact) mass is 308 g/mol. The fraction of sp³-hybridized carbons (Fsp3) is 0.250. The molecule has 0 aliphatic heterocycles. The number of carboxylic acid groups (broad SMARTS) is 1. The quantitative estimate of drug-likeness (QED) is 0.805. The molecular weight excluding hydrogens is 288 g/mol. The van der Waals surface area contributed by atoms with Crippen molar-refractivity contribution in [2.24, 2.45) is 0 Å². The highest BCUT2D eigenvalue weighted by atomic mass is 16.4. The highest BCUT2D eigenvalue weighted by Crippen LogP contribution is 2.21. The summed E-state index contributed by atoms with van der Waals surface area (Å²) in [5.74, 6) is 4.65. The van der Waals surface area contributed by atoms with Crippen LogP contribution in [-0.4, -0.2) is 16.2 Å². The average molecular weight is 308 g/mol. The Morgan fingerprint density at radius 3 is 2.00 bits per heavy atom. The molecule has 3 nitrogen and oxygen atoms in total. The number of aliphatic carboxylic acids is 1. The SMILES string of the molecule is CC#C[C@@H](CC(=O)O)c1ccc(Cc2ccc(CO)cc2)cc1. The molecular formula is C20H20O3. The summed E-state index contributed by atoms with van der Waals surface area (Å²) in [7, 11) is 0. The zero-order valence-electron chi connectivity index (χ0n) is 13.1. The van der Waals surface area contributed by atoms with Gasteiger partial charge in [0.15, 0.2) is 0 Å². The zero-order chi connectivity index (χ0) is 16.7. The van der Waals surface area contributed by atoms with Gasteiger partial charge in [0.1, 0.15) is 0 Å². The predicted octanol–water partition coefficient (Wildman–Crippen LogP) is 3.35. The molecule has 2 rings (SSSR count). The standard InChI is InChI=1S/C20H20O3/c1-2-3-19(13-20(22)23)18-10-8-16(9-11-18)12-15-4-6-17(14-21)7-5-15/h4-11,19,21H,12-14H2,1H3,(H,22,23)/t19-/m0/s1. The summed E-state index contributed by atoms with van der Waals surface area (Å²) in [6.45, 7) is 1.78. The van der Waals surface area contributed by atoms with Crippen LogP contribution in [0.25, 0.3) is 0 Å². The van der Waals surface area contributed by atoms with Gasteiger partial charge in [0, 0.05) is 0 Å². The topological polar surface area (TPSA) is 57.5 Å². The van der Waals surface area contributed by atoms with Gasteiger partial charge in [0.05, 0.1) is 18.9 Å². The summed E-state index contributed by atoms with van der Waals surface area (Å²) in [5.41, 5.74) is 4.16. The van der Waals surface area contributed by atoms with E-state index in [1.807, 2.05) is 48.5 Å². The second-order valence-electron chi connectivity index (χ2n) is 5.44. The van der Waals surface area contributed by atoms with Gasteiger partial charge in [-0.05, 0) is 35.6 Å². The minimum atomic E-state index is -0.842. The van der Waals surface area contributed by atoms with Crippen LogP contribution >= 0.6 is 0 Å². The Hall–Kier alpha value is -2.57. The van der Waals surface area contributed by atoms with Crippen LogP contribution in [0.2, 0.25) is 0 Å². The van der Waals surface area contributed by atoms with Gasteiger partial charge < -0.3 is 10.2 Å². The molecule has 2 aromatic rings. The van der Waals surface area contributed by atoms with Crippen LogP contribution in [0.4, 0.5) is 0 Å². The maximum Gasteiger partial charge on any atom is 0.304 e. The van der Waals surface area contributed by atoms with E-state index in [4.69, 9.17) is 10.2 Å². The number of rotatable bonds is 6. The number of benzene rings is 2. The van der Waals surface area contributed by atoms with Crippen molar-refractivity contribution < 1.29 is 15.0 Å². The molecule has 0 heterocycles. The van der Waals surface area contributed by atoms with Crippen LogP contribution in [0.3, 0.4) is 0 Å². The number of hydrogen-bond acceptors (Lipinski definition) is 2. The predicted molar refractivity (Wildman–Crippen MR) is 90.1 cm³/mol. The lowest BCUT2D eigenvalue weighted by Gasteiger charge is -2.10. The molecule has 3 heteroatoms. The Balaban J connectivity index is 2.10. The number of carboxylic acids is 1. The highest BCUT2D eigenvalue weighted by molar-refractivity contribution is 5.69. The van der Waals surface area contributed by atoms with Crippen molar-refractivity contribution in [1.82, 2.24) is 0 Å². The summed E-state index contributed by atoms with van der Waals surface area (Å²) in [4.78, 5) is 10.9. The molecule has 0 aliphatic carbocycles. The fourth-order valence-corrected chi connectivity index (χ4v) is 2.47. The number of carbonyl (C=O) groups is 1. The summed E-state index contributed by atoms with van der Waals surface area (Å²) < 4.78 is 0. The lowest BCUT2D eigenvalue weighted by Crippen LogP contribution is -2.04. The van der Waals surface area contributed by atoms with E-state index in [2.05, 4.69) is 11.8 Å².